The van der Waals surface area contributed by atoms with E-state index in [1.54, 1.807) is 0 Å². The monoisotopic (exact) mass is 352 g/mol. The van der Waals surface area contributed by atoms with Crippen LogP contribution in [0.2, 0.25) is 0 Å². The molecule has 2 nitrogen and oxygen atoms in total. The third-order valence-corrected chi connectivity index (χ3v) is 7.42. The van der Waals surface area contributed by atoms with Crippen LogP contribution >= 0.6 is 11.8 Å². The molecule has 2 heterocycles. The van der Waals surface area contributed by atoms with E-state index >= 15 is 0 Å². The number of hydrogen-bond donors (Lipinski definition) is 2. The summed E-state index contributed by atoms with van der Waals surface area (Å²) in [5, 5.41) is 9.23. The third-order valence-electron chi connectivity index (χ3n) is 5.59. The summed E-state index contributed by atoms with van der Waals surface area (Å²) >= 11 is 2.23. The molecule has 2 bridgehead atoms. The molecule has 0 amide bonds. The Kier molecular flexibility index (Phi) is 5.75. The molecule has 2 aromatic carbocycles. The molecule has 4 atom stereocenters. The van der Waals surface area contributed by atoms with Crippen LogP contribution in [-0.2, 0) is 13.1 Å². The zero-order chi connectivity index (χ0) is 16.9. The van der Waals surface area contributed by atoms with Gasteiger partial charge in [-0.1, -0.05) is 60.7 Å². The number of rotatable bonds is 6. The van der Waals surface area contributed by atoms with Crippen molar-refractivity contribution in [1.29, 1.82) is 0 Å². The lowest BCUT2D eigenvalue weighted by Crippen LogP contribution is -2.51. The third kappa shape index (κ3) is 4.46. The summed E-state index contributed by atoms with van der Waals surface area (Å²) < 4.78 is 0. The molecule has 2 N–H and O–H groups in total. The van der Waals surface area contributed by atoms with Crippen molar-refractivity contribution in [3.63, 3.8) is 0 Å². The molecule has 2 aliphatic heterocycles. The average Bonchev–Trinajstić information content (AvgIpc) is 2.68. The Morgan fingerprint density at radius 3 is 1.52 bits per heavy atom. The van der Waals surface area contributed by atoms with E-state index in [1.807, 2.05) is 0 Å². The highest BCUT2D eigenvalue weighted by Crippen LogP contribution is 2.41. The van der Waals surface area contributed by atoms with E-state index in [2.05, 4.69) is 83.1 Å². The molecule has 4 rings (SSSR count). The Morgan fingerprint density at radius 2 is 1.08 bits per heavy atom. The largest absolute Gasteiger partial charge is 0.309 e. The van der Waals surface area contributed by atoms with E-state index < -0.39 is 0 Å². The zero-order valence-electron chi connectivity index (χ0n) is 14.7. The maximum Gasteiger partial charge on any atom is 0.0208 e. The summed E-state index contributed by atoms with van der Waals surface area (Å²) in [5.41, 5.74) is 2.79. The van der Waals surface area contributed by atoms with Crippen LogP contribution in [0.15, 0.2) is 60.7 Å². The lowest BCUT2D eigenvalue weighted by atomic mass is 9.91. The Bertz CT molecular complexity index is 588. The number of nitrogens with one attached hydrogen (secondary N) is 2. The molecule has 0 saturated carbocycles. The molecular formula is C22H28N2S. The van der Waals surface area contributed by atoms with Gasteiger partial charge in [-0.3, -0.25) is 0 Å². The van der Waals surface area contributed by atoms with Crippen molar-refractivity contribution < 1.29 is 0 Å². The Hall–Kier alpha value is -1.29. The van der Waals surface area contributed by atoms with Crippen molar-refractivity contribution in [2.75, 3.05) is 0 Å². The number of fused-ring (bicyclic) bond motifs is 2. The first-order chi connectivity index (χ1) is 12.4. The van der Waals surface area contributed by atoms with Gasteiger partial charge in [-0.25, -0.2) is 0 Å². The summed E-state index contributed by atoms with van der Waals surface area (Å²) in [5.74, 6) is 0. The van der Waals surface area contributed by atoms with Gasteiger partial charge in [0.15, 0.2) is 0 Å². The first-order valence-electron chi connectivity index (χ1n) is 9.58. The summed E-state index contributed by atoms with van der Waals surface area (Å²) in [6.45, 7) is 2.01. The van der Waals surface area contributed by atoms with Crippen molar-refractivity contribution in [2.45, 2.75) is 61.4 Å². The van der Waals surface area contributed by atoms with Crippen LogP contribution in [0.3, 0.4) is 0 Å². The summed E-state index contributed by atoms with van der Waals surface area (Å²) in [7, 11) is 0. The summed E-state index contributed by atoms with van der Waals surface area (Å²) in [6, 6.07) is 22.9. The minimum atomic E-state index is 0.677. The van der Waals surface area contributed by atoms with Crippen LogP contribution < -0.4 is 10.6 Å². The first-order valence-corrected chi connectivity index (χ1v) is 10.5. The van der Waals surface area contributed by atoms with Crippen LogP contribution in [0, 0.1) is 0 Å². The van der Waals surface area contributed by atoms with E-state index in [4.69, 9.17) is 0 Å². The van der Waals surface area contributed by atoms with E-state index in [0.29, 0.717) is 12.1 Å². The molecule has 0 radical (unpaired) electrons. The number of hydrogen-bond acceptors (Lipinski definition) is 3. The molecule has 0 spiro atoms. The maximum absolute atomic E-state index is 3.82. The van der Waals surface area contributed by atoms with Gasteiger partial charge in [0.1, 0.15) is 0 Å². The highest BCUT2D eigenvalue weighted by molar-refractivity contribution is 8.00. The van der Waals surface area contributed by atoms with Crippen molar-refractivity contribution in [3.8, 4) is 0 Å². The van der Waals surface area contributed by atoms with Crippen LogP contribution in [0.1, 0.15) is 36.8 Å². The van der Waals surface area contributed by atoms with Crippen molar-refractivity contribution in [2.24, 2.45) is 0 Å². The standard InChI is InChI=1S/C22H28N2S/c1-3-7-17(8-4-1)15-23-19-11-13-22-20(12-14-21(19)25-22)24-16-18-9-5-2-6-10-18/h1-10,19-24H,11-16H2/t19-,20+,21+,22-. The molecule has 25 heavy (non-hydrogen) atoms. The lowest BCUT2D eigenvalue weighted by Gasteiger charge is -2.44. The quantitative estimate of drug-likeness (QED) is 0.808. The van der Waals surface area contributed by atoms with Crippen LogP contribution in [0.4, 0.5) is 0 Å². The van der Waals surface area contributed by atoms with Gasteiger partial charge < -0.3 is 10.6 Å². The van der Waals surface area contributed by atoms with Gasteiger partial charge in [-0.05, 0) is 36.8 Å². The second kappa shape index (κ2) is 8.39. The molecule has 2 aromatic rings. The second-order valence-corrected chi connectivity index (χ2v) is 8.80. The highest BCUT2D eigenvalue weighted by Gasteiger charge is 2.38. The Labute approximate surface area is 155 Å². The van der Waals surface area contributed by atoms with Crippen molar-refractivity contribution in [1.82, 2.24) is 10.6 Å². The predicted molar refractivity (Wildman–Crippen MR) is 108 cm³/mol. The molecule has 3 heteroatoms. The number of benzene rings is 2. The molecule has 2 fully saturated rings. The fraction of sp³-hybridized carbons (Fsp3) is 0.455. The van der Waals surface area contributed by atoms with Crippen LogP contribution in [-0.4, -0.2) is 22.6 Å². The predicted octanol–water partition coefficient (Wildman–Crippen LogP) is 4.36. The van der Waals surface area contributed by atoms with E-state index in [9.17, 15) is 0 Å². The minimum absolute atomic E-state index is 0.677. The Morgan fingerprint density at radius 1 is 0.640 bits per heavy atom. The van der Waals surface area contributed by atoms with Gasteiger partial charge in [0, 0.05) is 35.7 Å². The topological polar surface area (TPSA) is 24.1 Å². The molecular weight excluding hydrogens is 324 g/mol. The van der Waals surface area contributed by atoms with Crippen molar-refractivity contribution >= 4 is 11.8 Å². The van der Waals surface area contributed by atoms with E-state index in [0.717, 1.165) is 23.6 Å². The average molecular weight is 353 g/mol. The second-order valence-electron chi connectivity index (χ2n) is 7.31. The maximum atomic E-state index is 3.82. The molecule has 0 aliphatic carbocycles. The Balaban J connectivity index is 1.26. The fourth-order valence-electron chi connectivity index (χ4n) is 4.17. The lowest BCUT2D eigenvalue weighted by molar-refractivity contribution is 0.330. The van der Waals surface area contributed by atoms with Gasteiger partial charge >= 0.3 is 0 Å². The fourth-order valence-corrected chi connectivity index (χ4v) is 6.01. The molecule has 132 valence electrons. The van der Waals surface area contributed by atoms with Gasteiger partial charge in [-0.15, -0.1) is 0 Å². The summed E-state index contributed by atoms with van der Waals surface area (Å²) in [6.07, 6.45) is 5.30. The van der Waals surface area contributed by atoms with Crippen LogP contribution in [0.5, 0.6) is 0 Å². The zero-order valence-corrected chi connectivity index (χ0v) is 15.6. The minimum Gasteiger partial charge on any atom is -0.309 e. The van der Waals surface area contributed by atoms with Crippen LogP contribution in [0.25, 0.3) is 0 Å². The van der Waals surface area contributed by atoms with Crippen molar-refractivity contribution in [3.05, 3.63) is 71.8 Å². The molecule has 0 unspecified atom stereocenters. The van der Waals surface area contributed by atoms with Gasteiger partial charge in [0.2, 0.25) is 0 Å². The smallest absolute Gasteiger partial charge is 0.0208 e. The van der Waals surface area contributed by atoms with E-state index in [-0.39, 0.29) is 0 Å². The summed E-state index contributed by atoms with van der Waals surface area (Å²) in [4.78, 5) is 0. The highest BCUT2D eigenvalue weighted by atomic mass is 32.2. The molecule has 2 aliphatic rings. The normalized spacial score (nSPS) is 28.6. The van der Waals surface area contributed by atoms with Gasteiger partial charge in [0.25, 0.3) is 0 Å². The SMILES string of the molecule is c1ccc(CN[C@H]2CC[C@@H]3S[C@@H]2CC[C@H]3NCc2ccccc2)cc1. The number of thioether (sulfide) groups is 1. The van der Waals surface area contributed by atoms with Gasteiger partial charge in [0.05, 0.1) is 0 Å². The molecule has 2 saturated heterocycles. The molecule has 0 aromatic heterocycles. The van der Waals surface area contributed by atoms with E-state index in [1.165, 1.54) is 36.8 Å². The first kappa shape index (κ1) is 17.1. The van der Waals surface area contributed by atoms with Gasteiger partial charge in [-0.2, -0.15) is 11.8 Å².